The second-order valence-corrected chi connectivity index (χ2v) is 3.69. The van der Waals surface area contributed by atoms with Gasteiger partial charge < -0.3 is 11.1 Å². The Hall–Kier alpha value is -1.13. The third-order valence-corrected chi connectivity index (χ3v) is 2.38. The van der Waals surface area contributed by atoms with E-state index in [9.17, 15) is 9.18 Å². The van der Waals surface area contributed by atoms with Gasteiger partial charge in [-0.25, -0.2) is 4.39 Å². The van der Waals surface area contributed by atoms with Crippen molar-refractivity contribution >= 4 is 18.3 Å². The summed E-state index contributed by atoms with van der Waals surface area (Å²) >= 11 is 0. The zero-order chi connectivity index (χ0) is 12.0. The van der Waals surface area contributed by atoms with Crippen molar-refractivity contribution in [2.75, 3.05) is 6.54 Å². The van der Waals surface area contributed by atoms with E-state index < -0.39 is 6.04 Å². The molecule has 0 unspecified atom stereocenters. The van der Waals surface area contributed by atoms with Crippen molar-refractivity contribution in [2.24, 2.45) is 5.73 Å². The van der Waals surface area contributed by atoms with Crippen LogP contribution in [0.4, 0.5) is 4.39 Å². The second-order valence-electron chi connectivity index (χ2n) is 3.69. The van der Waals surface area contributed by atoms with Gasteiger partial charge in [0.05, 0.1) is 6.04 Å². The van der Waals surface area contributed by atoms with Crippen molar-refractivity contribution in [3.05, 3.63) is 35.6 Å². The molecule has 5 heteroatoms. The minimum atomic E-state index is -0.451. The lowest BCUT2D eigenvalue weighted by Crippen LogP contribution is -2.40. The third-order valence-electron chi connectivity index (χ3n) is 2.38. The monoisotopic (exact) mass is 260 g/mol. The van der Waals surface area contributed by atoms with E-state index in [1.165, 1.54) is 12.1 Å². The predicted molar refractivity (Wildman–Crippen MR) is 68.6 cm³/mol. The van der Waals surface area contributed by atoms with Crippen LogP contribution in [0.5, 0.6) is 0 Å². The molecule has 0 fully saturated rings. The molecule has 1 aromatic rings. The minimum Gasteiger partial charge on any atom is -0.354 e. The highest BCUT2D eigenvalue weighted by molar-refractivity contribution is 5.85. The summed E-state index contributed by atoms with van der Waals surface area (Å²) in [5.74, 6) is -0.409. The van der Waals surface area contributed by atoms with Crippen LogP contribution in [-0.4, -0.2) is 18.5 Å². The molecule has 1 atom stereocenters. The van der Waals surface area contributed by atoms with E-state index in [0.717, 1.165) is 5.56 Å². The molecular formula is C12H18ClFN2O. The second kappa shape index (κ2) is 8.03. The first-order chi connectivity index (χ1) is 7.63. The van der Waals surface area contributed by atoms with Crippen LogP contribution in [-0.2, 0) is 11.2 Å². The Morgan fingerprint density at radius 1 is 1.53 bits per heavy atom. The molecule has 17 heavy (non-hydrogen) atoms. The van der Waals surface area contributed by atoms with Crippen molar-refractivity contribution in [3.8, 4) is 0 Å². The van der Waals surface area contributed by atoms with Crippen LogP contribution >= 0.6 is 12.4 Å². The molecule has 0 aliphatic rings. The number of carbonyl (C=O) groups excluding carboxylic acids is 1. The average Bonchev–Trinajstić information content (AvgIpc) is 2.28. The lowest BCUT2D eigenvalue weighted by molar-refractivity contribution is -0.122. The summed E-state index contributed by atoms with van der Waals surface area (Å²) in [6.45, 7) is 2.34. The van der Waals surface area contributed by atoms with Gasteiger partial charge in [-0.05, 0) is 30.5 Å². The number of nitrogens with one attached hydrogen (secondary N) is 1. The summed E-state index contributed by atoms with van der Waals surface area (Å²) in [6, 6.07) is 5.90. The Balaban J connectivity index is 0.00000256. The van der Waals surface area contributed by atoms with E-state index in [-0.39, 0.29) is 24.1 Å². The van der Waals surface area contributed by atoms with Crippen molar-refractivity contribution in [1.82, 2.24) is 5.32 Å². The Labute approximate surface area is 107 Å². The van der Waals surface area contributed by atoms with E-state index in [0.29, 0.717) is 19.4 Å². The number of nitrogens with two attached hydrogens (primary N) is 1. The molecule has 96 valence electrons. The van der Waals surface area contributed by atoms with Gasteiger partial charge in [0.1, 0.15) is 5.82 Å². The number of hydrogen-bond acceptors (Lipinski definition) is 2. The lowest BCUT2D eigenvalue weighted by Gasteiger charge is -2.09. The van der Waals surface area contributed by atoms with Gasteiger partial charge in [0.15, 0.2) is 0 Å². The van der Waals surface area contributed by atoms with Crippen molar-refractivity contribution < 1.29 is 9.18 Å². The summed E-state index contributed by atoms with van der Waals surface area (Å²) in [5, 5.41) is 2.71. The fourth-order valence-electron chi connectivity index (χ4n) is 1.34. The molecular weight excluding hydrogens is 243 g/mol. The summed E-state index contributed by atoms with van der Waals surface area (Å²) in [4.78, 5) is 11.3. The number of benzene rings is 1. The molecule has 0 aliphatic carbocycles. The Bertz CT molecular complexity index is 360. The fourth-order valence-corrected chi connectivity index (χ4v) is 1.34. The largest absolute Gasteiger partial charge is 0.354 e. The zero-order valence-electron chi connectivity index (χ0n) is 9.78. The molecule has 0 saturated heterocycles. The zero-order valence-corrected chi connectivity index (χ0v) is 10.6. The molecule has 0 aromatic heterocycles. The van der Waals surface area contributed by atoms with Crippen molar-refractivity contribution in [1.29, 1.82) is 0 Å². The van der Waals surface area contributed by atoms with Crippen molar-refractivity contribution in [2.45, 2.75) is 25.8 Å². The first-order valence-electron chi connectivity index (χ1n) is 5.41. The summed E-state index contributed by atoms with van der Waals surface area (Å²) in [5.41, 5.74) is 6.41. The lowest BCUT2D eigenvalue weighted by atomic mass is 10.1. The number of halogens is 2. The summed E-state index contributed by atoms with van der Waals surface area (Å²) in [6.07, 6.45) is 1.23. The maximum atomic E-state index is 12.8. The van der Waals surface area contributed by atoms with Crippen LogP contribution < -0.4 is 11.1 Å². The molecule has 0 bridgehead atoms. The molecule has 1 amide bonds. The van der Waals surface area contributed by atoms with E-state index in [1.807, 2.05) is 13.0 Å². The molecule has 0 saturated carbocycles. The topological polar surface area (TPSA) is 55.1 Å². The maximum Gasteiger partial charge on any atom is 0.236 e. The third kappa shape index (κ3) is 5.65. The molecule has 1 rings (SSSR count). The van der Waals surface area contributed by atoms with Crippen LogP contribution in [0, 0.1) is 5.82 Å². The maximum absolute atomic E-state index is 12.8. The smallest absolute Gasteiger partial charge is 0.236 e. The van der Waals surface area contributed by atoms with Crippen LogP contribution in [0.1, 0.15) is 18.9 Å². The van der Waals surface area contributed by atoms with Crippen LogP contribution in [0.25, 0.3) is 0 Å². The van der Waals surface area contributed by atoms with E-state index in [2.05, 4.69) is 5.32 Å². The Morgan fingerprint density at radius 2 is 2.24 bits per heavy atom. The normalized spacial score (nSPS) is 11.5. The molecule has 0 spiro atoms. The number of hydrogen-bond donors (Lipinski definition) is 2. The van der Waals surface area contributed by atoms with E-state index in [1.54, 1.807) is 6.07 Å². The fraction of sp³-hybridized carbons (Fsp3) is 0.417. The van der Waals surface area contributed by atoms with Crippen LogP contribution in [0.15, 0.2) is 24.3 Å². The van der Waals surface area contributed by atoms with E-state index in [4.69, 9.17) is 5.73 Å². The highest BCUT2D eigenvalue weighted by atomic mass is 35.5. The Morgan fingerprint density at radius 3 is 2.82 bits per heavy atom. The van der Waals surface area contributed by atoms with Gasteiger partial charge in [-0.2, -0.15) is 0 Å². The van der Waals surface area contributed by atoms with Gasteiger partial charge in [0.25, 0.3) is 0 Å². The highest BCUT2D eigenvalue weighted by Gasteiger charge is 2.09. The number of amides is 1. The van der Waals surface area contributed by atoms with Gasteiger partial charge in [-0.1, -0.05) is 19.1 Å². The standard InChI is InChI=1S/C12H17FN2O.ClH/c1-2-11(14)12(16)15-7-6-9-4-3-5-10(13)8-9;/h3-5,8,11H,2,6-7,14H2,1H3,(H,15,16);1H/t11-;/m0./s1. The first kappa shape index (κ1) is 15.9. The molecule has 3 nitrogen and oxygen atoms in total. The summed E-state index contributed by atoms with van der Waals surface area (Å²) < 4.78 is 12.8. The van der Waals surface area contributed by atoms with Gasteiger partial charge in [-0.3, -0.25) is 4.79 Å². The van der Waals surface area contributed by atoms with Crippen molar-refractivity contribution in [3.63, 3.8) is 0 Å². The van der Waals surface area contributed by atoms with E-state index >= 15 is 0 Å². The quantitative estimate of drug-likeness (QED) is 0.846. The van der Waals surface area contributed by atoms with Gasteiger partial charge in [0, 0.05) is 6.54 Å². The summed E-state index contributed by atoms with van der Waals surface area (Å²) in [7, 11) is 0. The van der Waals surface area contributed by atoms with Gasteiger partial charge >= 0.3 is 0 Å². The van der Waals surface area contributed by atoms with Gasteiger partial charge in [-0.15, -0.1) is 12.4 Å². The Kier molecular flexibility index (Phi) is 7.50. The van der Waals surface area contributed by atoms with Crippen LogP contribution in [0.2, 0.25) is 0 Å². The van der Waals surface area contributed by atoms with Crippen LogP contribution in [0.3, 0.4) is 0 Å². The predicted octanol–water partition coefficient (Wildman–Crippen LogP) is 1.64. The highest BCUT2D eigenvalue weighted by Crippen LogP contribution is 2.03. The number of rotatable bonds is 5. The molecule has 3 N–H and O–H groups in total. The SMILES string of the molecule is CC[C@H](N)C(=O)NCCc1cccc(F)c1.Cl. The van der Waals surface area contributed by atoms with Gasteiger partial charge in [0.2, 0.25) is 5.91 Å². The molecule has 0 aliphatic heterocycles. The first-order valence-corrected chi connectivity index (χ1v) is 5.41. The molecule has 1 aromatic carbocycles. The average molecular weight is 261 g/mol. The molecule has 0 radical (unpaired) electrons. The molecule has 0 heterocycles. The number of carbonyl (C=O) groups is 1. The minimum absolute atomic E-state index is 0.